The molecule has 0 aliphatic heterocycles. The second-order valence-corrected chi connectivity index (χ2v) is 5.43. The van der Waals surface area contributed by atoms with E-state index in [1.807, 2.05) is 0 Å². The standard InChI is InChI=1S/C7H9BrO2/c8-7-2-6(3-7,4-7)1-5(9)10/h1-4H2,(H,9,10). The predicted molar refractivity (Wildman–Crippen MR) is 40.2 cm³/mol. The molecule has 0 spiro atoms. The van der Waals surface area contributed by atoms with E-state index in [4.69, 9.17) is 5.11 Å². The molecule has 3 rings (SSSR count). The molecule has 0 radical (unpaired) electrons. The lowest BCUT2D eigenvalue weighted by molar-refractivity contribution is -0.151. The van der Waals surface area contributed by atoms with Crippen LogP contribution in [0.5, 0.6) is 0 Å². The van der Waals surface area contributed by atoms with Gasteiger partial charge in [-0.25, -0.2) is 0 Å². The highest BCUT2D eigenvalue weighted by molar-refractivity contribution is 9.10. The first kappa shape index (κ1) is 6.65. The fourth-order valence-electron chi connectivity index (χ4n) is 2.37. The van der Waals surface area contributed by atoms with Crippen LogP contribution in [0.4, 0.5) is 0 Å². The average Bonchev–Trinajstić information content (AvgIpc) is 1.56. The van der Waals surface area contributed by atoms with Crippen LogP contribution in [-0.4, -0.2) is 15.4 Å². The number of halogens is 1. The molecular weight excluding hydrogens is 196 g/mol. The molecule has 10 heavy (non-hydrogen) atoms. The zero-order valence-electron chi connectivity index (χ0n) is 5.56. The number of carboxylic acids is 1. The second-order valence-electron chi connectivity index (χ2n) is 3.75. The van der Waals surface area contributed by atoms with Crippen LogP contribution in [-0.2, 0) is 4.79 Å². The Balaban J connectivity index is 1.93. The van der Waals surface area contributed by atoms with Crippen LogP contribution >= 0.6 is 15.9 Å². The van der Waals surface area contributed by atoms with Gasteiger partial charge in [0.25, 0.3) is 0 Å². The number of aliphatic carboxylic acids is 1. The summed E-state index contributed by atoms with van der Waals surface area (Å²) in [6.07, 6.45) is 3.60. The number of carbonyl (C=O) groups is 1. The molecule has 3 saturated carbocycles. The highest BCUT2D eigenvalue weighted by atomic mass is 79.9. The third-order valence-electron chi connectivity index (χ3n) is 2.60. The van der Waals surface area contributed by atoms with E-state index in [0.29, 0.717) is 10.7 Å². The van der Waals surface area contributed by atoms with E-state index in [1.165, 1.54) is 0 Å². The molecule has 0 aromatic rings. The second kappa shape index (κ2) is 1.58. The molecular formula is C7H9BrO2. The zero-order valence-corrected chi connectivity index (χ0v) is 7.15. The van der Waals surface area contributed by atoms with E-state index in [2.05, 4.69) is 15.9 Å². The minimum atomic E-state index is -0.644. The largest absolute Gasteiger partial charge is 0.481 e. The molecule has 0 saturated heterocycles. The Morgan fingerprint density at radius 1 is 1.50 bits per heavy atom. The fraction of sp³-hybridized carbons (Fsp3) is 0.857. The molecule has 0 atom stereocenters. The molecule has 0 heterocycles. The van der Waals surface area contributed by atoms with Crippen LogP contribution in [0.1, 0.15) is 25.7 Å². The van der Waals surface area contributed by atoms with Crippen LogP contribution in [0.3, 0.4) is 0 Å². The van der Waals surface area contributed by atoms with Gasteiger partial charge in [0, 0.05) is 4.32 Å². The van der Waals surface area contributed by atoms with Crippen LogP contribution in [0.2, 0.25) is 0 Å². The number of hydrogen-bond acceptors (Lipinski definition) is 1. The average molecular weight is 205 g/mol. The van der Waals surface area contributed by atoms with Gasteiger partial charge in [0.2, 0.25) is 0 Å². The SMILES string of the molecule is O=C(O)CC12CC(Br)(C1)C2. The molecule has 2 nitrogen and oxygen atoms in total. The van der Waals surface area contributed by atoms with E-state index < -0.39 is 5.97 Å². The van der Waals surface area contributed by atoms with Crippen LogP contribution in [0.25, 0.3) is 0 Å². The van der Waals surface area contributed by atoms with Crippen molar-refractivity contribution in [3.63, 3.8) is 0 Å². The highest BCUT2D eigenvalue weighted by Gasteiger charge is 2.66. The zero-order chi connectivity index (χ0) is 7.41. The topological polar surface area (TPSA) is 37.3 Å². The van der Waals surface area contributed by atoms with E-state index in [-0.39, 0.29) is 5.41 Å². The number of alkyl halides is 1. The van der Waals surface area contributed by atoms with Crippen molar-refractivity contribution in [3.8, 4) is 0 Å². The minimum Gasteiger partial charge on any atom is -0.481 e. The van der Waals surface area contributed by atoms with Gasteiger partial charge >= 0.3 is 5.97 Å². The molecule has 0 aromatic heterocycles. The molecule has 1 N–H and O–H groups in total. The molecule has 3 aliphatic rings. The van der Waals surface area contributed by atoms with Gasteiger partial charge in [0.1, 0.15) is 0 Å². The quantitative estimate of drug-likeness (QED) is 0.697. The van der Waals surface area contributed by atoms with E-state index in [1.54, 1.807) is 0 Å². The Morgan fingerprint density at radius 2 is 2.00 bits per heavy atom. The van der Waals surface area contributed by atoms with Gasteiger partial charge in [0.15, 0.2) is 0 Å². The van der Waals surface area contributed by atoms with Crippen LogP contribution in [0.15, 0.2) is 0 Å². The van der Waals surface area contributed by atoms with Gasteiger partial charge in [-0.1, -0.05) is 15.9 Å². The molecule has 3 heteroatoms. The van der Waals surface area contributed by atoms with Crippen molar-refractivity contribution in [2.75, 3.05) is 0 Å². The van der Waals surface area contributed by atoms with Crippen molar-refractivity contribution in [1.29, 1.82) is 0 Å². The van der Waals surface area contributed by atoms with Crippen molar-refractivity contribution in [3.05, 3.63) is 0 Å². The maximum absolute atomic E-state index is 10.3. The summed E-state index contributed by atoms with van der Waals surface area (Å²) in [7, 11) is 0. The molecule has 2 bridgehead atoms. The monoisotopic (exact) mass is 204 g/mol. The van der Waals surface area contributed by atoms with Crippen molar-refractivity contribution in [2.45, 2.75) is 30.0 Å². The smallest absolute Gasteiger partial charge is 0.303 e. The first-order chi connectivity index (χ1) is 4.54. The van der Waals surface area contributed by atoms with Gasteiger partial charge < -0.3 is 5.11 Å². The third-order valence-corrected chi connectivity index (χ3v) is 3.44. The van der Waals surface area contributed by atoms with Gasteiger partial charge in [0.05, 0.1) is 6.42 Å². The van der Waals surface area contributed by atoms with Crippen LogP contribution in [0, 0.1) is 5.41 Å². The molecule has 56 valence electrons. The lowest BCUT2D eigenvalue weighted by Gasteiger charge is -2.67. The van der Waals surface area contributed by atoms with Gasteiger partial charge in [-0.2, -0.15) is 0 Å². The van der Waals surface area contributed by atoms with Crippen molar-refractivity contribution < 1.29 is 9.90 Å². The Morgan fingerprint density at radius 3 is 2.30 bits per heavy atom. The number of carboxylic acid groups (broad SMARTS) is 1. The highest BCUT2D eigenvalue weighted by Crippen LogP contribution is 2.73. The Kier molecular flexibility index (Phi) is 1.05. The van der Waals surface area contributed by atoms with E-state index in [9.17, 15) is 4.79 Å². The number of rotatable bonds is 2. The maximum atomic E-state index is 10.3. The lowest BCUT2D eigenvalue weighted by Crippen LogP contribution is -2.63. The van der Waals surface area contributed by atoms with Crippen molar-refractivity contribution in [2.24, 2.45) is 5.41 Å². The Hall–Kier alpha value is -0.0500. The van der Waals surface area contributed by atoms with Crippen molar-refractivity contribution in [1.82, 2.24) is 0 Å². The maximum Gasteiger partial charge on any atom is 0.303 e. The lowest BCUT2D eigenvalue weighted by atomic mass is 9.43. The van der Waals surface area contributed by atoms with E-state index in [0.717, 1.165) is 19.3 Å². The summed E-state index contributed by atoms with van der Waals surface area (Å²) < 4.78 is 0.364. The fourth-order valence-corrected chi connectivity index (χ4v) is 4.15. The summed E-state index contributed by atoms with van der Waals surface area (Å²) in [5.74, 6) is -0.644. The first-order valence-corrected chi connectivity index (χ1v) is 4.24. The molecule has 0 unspecified atom stereocenters. The van der Waals surface area contributed by atoms with Crippen LogP contribution < -0.4 is 0 Å². The summed E-state index contributed by atoms with van der Waals surface area (Å²) in [4.78, 5) is 10.3. The third kappa shape index (κ3) is 0.729. The molecule has 3 aliphatic carbocycles. The normalized spacial score (nSPS) is 49.3. The summed E-state index contributed by atoms with van der Waals surface area (Å²) in [5.41, 5.74) is 0.204. The summed E-state index contributed by atoms with van der Waals surface area (Å²) in [6, 6.07) is 0. The summed E-state index contributed by atoms with van der Waals surface area (Å²) in [5, 5.41) is 8.51. The van der Waals surface area contributed by atoms with Gasteiger partial charge in [-0.3, -0.25) is 4.79 Å². The molecule has 3 fully saturated rings. The Labute approximate surface area is 67.7 Å². The minimum absolute atomic E-state index is 0.204. The van der Waals surface area contributed by atoms with Crippen molar-refractivity contribution >= 4 is 21.9 Å². The molecule has 0 aromatic carbocycles. The first-order valence-electron chi connectivity index (χ1n) is 3.45. The van der Waals surface area contributed by atoms with Gasteiger partial charge in [-0.15, -0.1) is 0 Å². The predicted octanol–water partition coefficient (Wildman–Crippen LogP) is 1.78. The summed E-state index contributed by atoms with van der Waals surface area (Å²) in [6.45, 7) is 0. The molecule has 0 amide bonds. The summed E-state index contributed by atoms with van der Waals surface area (Å²) >= 11 is 3.56. The van der Waals surface area contributed by atoms with Gasteiger partial charge in [-0.05, 0) is 24.7 Å². The number of hydrogen-bond donors (Lipinski definition) is 1. The Bertz CT molecular complexity index is 180. The van der Waals surface area contributed by atoms with E-state index >= 15 is 0 Å².